The van der Waals surface area contributed by atoms with Gasteiger partial charge in [-0.15, -0.1) is 0 Å². The van der Waals surface area contributed by atoms with Crippen molar-refractivity contribution in [2.45, 2.75) is 65.0 Å². The van der Waals surface area contributed by atoms with Crippen LogP contribution in [0.1, 0.15) is 69.1 Å². The normalized spacial score (nSPS) is 14.4. The number of hydrogen-bond donors (Lipinski definition) is 1. The highest BCUT2D eigenvalue weighted by molar-refractivity contribution is 7.83. The van der Waals surface area contributed by atoms with Gasteiger partial charge in [0.15, 0.2) is 0 Å². The molecule has 5 heteroatoms. The molecule has 0 heterocycles. The first kappa shape index (κ1) is 22.3. The first-order chi connectivity index (χ1) is 12.9. The van der Waals surface area contributed by atoms with E-state index in [9.17, 15) is 9.00 Å². The van der Waals surface area contributed by atoms with Crippen molar-refractivity contribution >= 4 is 17.0 Å². The molecular weight excluding hydrogens is 370 g/mol. The molecular formula is C23H31NO3S. The van der Waals surface area contributed by atoms with Gasteiger partial charge in [0.25, 0.3) is 0 Å². The summed E-state index contributed by atoms with van der Waals surface area (Å²) in [4.78, 5) is 13.0. The minimum atomic E-state index is -1.34. The van der Waals surface area contributed by atoms with Gasteiger partial charge in [0.05, 0.1) is 10.5 Å². The predicted octanol–water partition coefficient (Wildman–Crippen LogP) is 5.35. The Kier molecular flexibility index (Phi) is 6.84. The second-order valence-corrected chi connectivity index (χ2v) is 10.4. The van der Waals surface area contributed by atoms with E-state index in [0.29, 0.717) is 5.56 Å². The van der Waals surface area contributed by atoms with Crippen molar-refractivity contribution in [3.8, 4) is 0 Å². The van der Waals surface area contributed by atoms with Crippen LogP contribution in [-0.2, 0) is 15.7 Å². The average Bonchev–Trinajstić information content (AvgIpc) is 2.58. The lowest BCUT2D eigenvalue weighted by Crippen LogP contribution is -2.33. The summed E-state index contributed by atoms with van der Waals surface area (Å²) in [5.41, 5.74) is 1.90. The summed E-state index contributed by atoms with van der Waals surface area (Å²) < 4.78 is 21.5. The van der Waals surface area contributed by atoms with Crippen molar-refractivity contribution in [3.05, 3.63) is 65.2 Å². The number of carbonyl (C=O) groups excluding carboxylic acids is 1. The minimum Gasteiger partial charge on any atom is -0.456 e. The largest absolute Gasteiger partial charge is 0.456 e. The Balaban J connectivity index is 2.22. The lowest BCUT2D eigenvalue weighted by molar-refractivity contribution is 0.00695. The number of benzene rings is 2. The van der Waals surface area contributed by atoms with Crippen LogP contribution < -0.4 is 4.72 Å². The molecule has 0 aliphatic carbocycles. The van der Waals surface area contributed by atoms with Gasteiger partial charge in [-0.1, -0.05) is 50.6 Å². The molecule has 1 N–H and O–H groups in total. The zero-order valence-corrected chi connectivity index (χ0v) is 18.6. The SMILES string of the molecule is Cc1ccc(S(=O)N[C@@H](c2ccc(C(=O)OC(C)(C)C)cc2)C(C)(C)C)cc1. The monoisotopic (exact) mass is 401 g/mol. The first-order valence-corrected chi connectivity index (χ1v) is 10.6. The number of hydrogen-bond acceptors (Lipinski definition) is 3. The Hall–Kier alpha value is -1.98. The van der Waals surface area contributed by atoms with Crippen LogP contribution in [0.5, 0.6) is 0 Å². The van der Waals surface area contributed by atoms with Crippen LogP contribution >= 0.6 is 0 Å². The van der Waals surface area contributed by atoms with E-state index in [2.05, 4.69) is 25.5 Å². The first-order valence-electron chi connectivity index (χ1n) is 9.45. The smallest absolute Gasteiger partial charge is 0.338 e. The molecule has 2 rings (SSSR count). The third kappa shape index (κ3) is 6.28. The van der Waals surface area contributed by atoms with Crippen LogP contribution in [0.4, 0.5) is 0 Å². The van der Waals surface area contributed by atoms with Crippen LogP contribution in [0.2, 0.25) is 0 Å². The standard InChI is InChI=1S/C23H31NO3S/c1-16-8-14-19(15-9-16)28(26)24-20(22(2,3)4)17-10-12-18(13-11-17)21(25)27-23(5,6)7/h8-15,20,24H,1-7H3/t20-,28?/m0/s1. The maximum Gasteiger partial charge on any atom is 0.338 e. The van der Waals surface area contributed by atoms with E-state index in [1.54, 1.807) is 12.1 Å². The van der Waals surface area contributed by atoms with Crippen molar-refractivity contribution in [2.75, 3.05) is 0 Å². The molecule has 0 aliphatic rings. The fraction of sp³-hybridized carbons (Fsp3) is 0.435. The van der Waals surface area contributed by atoms with Crippen LogP contribution in [0, 0.1) is 12.3 Å². The van der Waals surface area contributed by atoms with Crippen molar-refractivity contribution in [1.82, 2.24) is 4.72 Å². The van der Waals surface area contributed by atoms with E-state index >= 15 is 0 Å². The van der Waals surface area contributed by atoms with Crippen LogP contribution in [-0.4, -0.2) is 15.8 Å². The summed E-state index contributed by atoms with van der Waals surface area (Å²) >= 11 is 0. The maximum atomic E-state index is 12.8. The average molecular weight is 402 g/mol. The summed E-state index contributed by atoms with van der Waals surface area (Å²) in [7, 11) is -1.34. The van der Waals surface area contributed by atoms with Crippen molar-refractivity contribution in [3.63, 3.8) is 0 Å². The topological polar surface area (TPSA) is 55.4 Å². The quantitative estimate of drug-likeness (QED) is 0.687. The number of aryl methyl sites for hydroxylation is 1. The van der Waals surface area contributed by atoms with Crippen molar-refractivity contribution in [1.29, 1.82) is 0 Å². The van der Waals surface area contributed by atoms with Gasteiger partial charge in [-0.3, -0.25) is 0 Å². The number of carbonyl (C=O) groups is 1. The van der Waals surface area contributed by atoms with E-state index in [0.717, 1.165) is 16.0 Å². The molecule has 0 aromatic heterocycles. The second-order valence-electron chi connectivity index (χ2n) is 9.12. The summed E-state index contributed by atoms with van der Waals surface area (Å²) in [6.45, 7) is 13.8. The van der Waals surface area contributed by atoms with Crippen molar-refractivity contribution < 1.29 is 13.7 Å². The fourth-order valence-corrected chi connectivity index (χ4v) is 3.95. The molecule has 152 valence electrons. The number of esters is 1. The van der Waals surface area contributed by atoms with Gasteiger partial charge < -0.3 is 4.74 Å². The highest BCUT2D eigenvalue weighted by atomic mass is 32.2. The Morgan fingerprint density at radius 3 is 1.93 bits per heavy atom. The summed E-state index contributed by atoms with van der Waals surface area (Å²) in [5, 5.41) is 0. The Labute approximate surface area is 171 Å². The molecule has 0 aliphatic heterocycles. The van der Waals surface area contributed by atoms with Crippen molar-refractivity contribution in [2.24, 2.45) is 5.41 Å². The third-order valence-corrected chi connectivity index (χ3v) is 5.35. The molecule has 0 amide bonds. The molecule has 0 spiro atoms. The molecule has 0 saturated heterocycles. The van der Waals surface area contributed by atoms with Gasteiger partial charge in [0.1, 0.15) is 16.6 Å². The zero-order valence-electron chi connectivity index (χ0n) is 17.8. The zero-order chi connectivity index (χ0) is 21.1. The highest BCUT2D eigenvalue weighted by Crippen LogP contribution is 2.34. The van der Waals surface area contributed by atoms with Gasteiger partial charge >= 0.3 is 5.97 Å². The molecule has 2 aromatic carbocycles. The number of ether oxygens (including phenoxy) is 1. The summed E-state index contributed by atoms with van der Waals surface area (Å²) in [6, 6.07) is 14.8. The summed E-state index contributed by atoms with van der Waals surface area (Å²) in [5.74, 6) is -0.345. The Bertz CT molecular complexity index is 828. The van der Waals surface area contributed by atoms with E-state index in [1.165, 1.54) is 0 Å². The molecule has 4 nitrogen and oxygen atoms in total. The number of rotatable bonds is 5. The molecule has 2 aromatic rings. The van der Waals surface area contributed by atoms with Crippen LogP contribution in [0.15, 0.2) is 53.4 Å². The van der Waals surface area contributed by atoms with Gasteiger partial charge in [0, 0.05) is 6.04 Å². The fourth-order valence-electron chi connectivity index (χ4n) is 2.73. The Morgan fingerprint density at radius 1 is 0.929 bits per heavy atom. The molecule has 0 saturated carbocycles. The maximum absolute atomic E-state index is 12.8. The third-order valence-electron chi connectivity index (χ3n) is 4.20. The molecule has 0 bridgehead atoms. The molecule has 28 heavy (non-hydrogen) atoms. The van der Waals surface area contributed by atoms with Crippen LogP contribution in [0.3, 0.4) is 0 Å². The van der Waals surface area contributed by atoms with Gasteiger partial charge in [-0.2, -0.15) is 0 Å². The Morgan fingerprint density at radius 2 is 1.46 bits per heavy atom. The van der Waals surface area contributed by atoms with E-state index in [-0.39, 0.29) is 17.4 Å². The lowest BCUT2D eigenvalue weighted by atomic mass is 9.83. The molecule has 1 unspecified atom stereocenters. The number of nitrogens with one attached hydrogen (secondary N) is 1. The highest BCUT2D eigenvalue weighted by Gasteiger charge is 2.28. The van der Waals surface area contributed by atoms with Crippen LogP contribution in [0.25, 0.3) is 0 Å². The van der Waals surface area contributed by atoms with E-state index in [1.807, 2.05) is 64.1 Å². The van der Waals surface area contributed by atoms with Gasteiger partial charge in [-0.25, -0.2) is 13.7 Å². The molecule has 2 atom stereocenters. The van der Waals surface area contributed by atoms with E-state index in [4.69, 9.17) is 4.74 Å². The van der Waals surface area contributed by atoms with Gasteiger partial charge in [0.2, 0.25) is 0 Å². The predicted molar refractivity (Wildman–Crippen MR) is 115 cm³/mol. The summed E-state index contributed by atoms with van der Waals surface area (Å²) in [6.07, 6.45) is 0. The lowest BCUT2D eigenvalue weighted by Gasteiger charge is -2.31. The second kappa shape index (κ2) is 8.58. The van der Waals surface area contributed by atoms with E-state index < -0.39 is 16.6 Å². The minimum absolute atomic E-state index is 0.151. The van der Waals surface area contributed by atoms with Gasteiger partial charge in [-0.05, 0) is 62.9 Å². The molecule has 0 fully saturated rings. The molecule has 0 radical (unpaired) electrons.